The van der Waals surface area contributed by atoms with Gasteiger partial charge in [-0.25, -0.2) is 14.1 Å². The van der Waals surface area contributed by atoms with Gasteiger partial charge in [0.1, 0.15) is 17.1 Å². The fraction of sp³-hybridized carbons (Fsp3) is 0. The molecule has 12 nitrogen and oxygen atoms in total. The third-order valence-electron chi connectivity index (χ3n) is 4.98. The number of barbiturate groups is 1. The van der Waals surface area contributed by atoms with Crippen LogP contribution in [0.15, 0.2) is 72.3 Å². The summed E-state index contributed by atoms with van der Waals surface area (Å²) < 4.78 is 18.9. The number of hydrogen-bond donors (Lipinski definition) is 1. The second-order valence-corrected chi connectivity index (χ2v) is 7.24. The molecule has 0 bridgehead atoms. The number of non-ortho nitro benzene ring substituents is 1. The lowest BCUT2D eigenvalue weighted by Crippen LogP contribution is -2.54. The molecule has 0 aliphatic carbocycles. The average Bonchev–Trinajstić information content (AvgIpc) is 2.83. The SMILES string of the molecule is O=C1NC(=O)N(c2ccc(F)cc2)C(=O)/C1=C/c1ccccc1Oc1ccc([N+](=O)[O-])cc1[N+](=O)[O-]. The Hall–Kier alpha value is -5.46. The highest BCUT2D eigenvalue weighted by molar-refractivity contribution is 6.39. The van der Waals surface area contributed by atoms with Crippen LogP contribution in [0, 0.1) is 26.0 Å². The van der Waals surface area contributed by atoms with Crippen molar-refractivity contribution in [1.82, 2.24) is 5.32 Å². The molecule has 3 aromatic rings. The molecule has 0 radical (unpaired) electrons. The number of imide groups is 2. The number of carbonyl (C=O) groups excluding carboxylic acids is 3. The molecule has 1 aliphatic heterocycles. The Morgan fingerprint density at radius 2 is 1.58 bits per heavy atom. The topological polar surface area (TPSA) is 162 Å². The van der Waals surface area contributed by atoms with Crippen molar-refractivity contribution in [1.29, 1.82) is 0 Å². The molecule has 1 N–H and O–H groups in total. The molecule has 0 unspecified atom stereocenters. The lowest BCUT2D eigenvalue weighted by Gasteiger charge is -2.26. The molecule has 4 rings (SSSR count). The number of halogens is 1. The van der Waals surface area contributed by atoms with Gasteiger partial charge in [0.2, 0.25) is 5.75 Å². The van der Waals surface area contributed by atoms with E-state index in [2.05, 4.69) is 0 Å². The Morgan fingerprint density at radius 3 is 2.25 bits per heavy atom. The van der Waals surface area contributed by atoms with Crippen molar-refractivity contribution in [2.75, 3.05) is 4.90 Å². The van der Waals surface area contributed by atoms with Crippen LogP contribution in [-0.4, -0.2) is 27.7 Å². The van der Waals surface area contributed by atoms with E-state index in [-0.39, 0.29) is 22.7 Å². The fourth-order valence-corrected chi connectivity index (χ4v) is 3.30. The molecule has 180 valence electrons. The lowest BCUT2D eigenvalue weighted by atomic mass is 10.1. The summed E-state index contributed by atoms with van der Waals surface area (Å²) in [4.78, 5) is 59.2. The molecule has 0 atom stereocenters. The highest BCUT2D eigenvalue weighted by atomic mass is 19.1. The van der Waals surface area contributed by atoms with Crippen molar-refractivity contribution in [3.05, 3.63) is 104 Å². The van der Waals surface area contributed by atoms with E-state index in [4.69, 9.17) is 4.74 Å². The van der Waals surface area contributed by atoms with Gasteiger partial charge >= 0.3 is 11.7 Å². The number of nitrogens with zero attached hydrogens (tertiary/aromatic N) is 3. The molecule has 4 amide bonds. The molecule has 1 fully saturated rings. The van der Waals surface area contributed by atoms with Gasteiger partial charge in [0, 0.05) is 11.6 Å². The van der Waals surface area contributed by atoms with Gasteiger partial charge in [0.15, 0.2) is 0 Å². The van der Waals surface area contributed by atoms with Gasteiger partial charge in [0.25, 0.3) is 17.5 Å². The highest BCUT2D eigenvalue weighted by Crippen LogP contribution is 2.36. The van der Waals surface area contributed by atoms with Crippen LogP contribution in [0.3, 0.4) is 0 Å². The standard InChI is InChI=1S/C23H13FN4O8/c24-14-5-7-15(8-6-14)26-22(30)17(21(29)25-23(26)31)11-13-3-1-2-4-19(13)36-20-10-9-16(27(32)33)12-18(20)28(34)35/h1-12H,(H,25,29,31)/b17-11+. The minimum atomic E-state index is -1.03. The number of ether oxygens (including phenoxy) is 1. The normalized spacial score (nSPS) is 14.5. The molecule has 36 heavy (non-hydrogen) atoms. The number of carbonyl (C=O) groups is 3. The van der Waals surface area contributed by atoms with E-state index in [1.165, 1.54) is 36.4 Å². The second-order valence-electron chi connectivity index (χ2n) is 7.24. The fourth-order valence-electron chi connectivity index (χ4n) is 3.30. The molecule has 0 aromatic heterocycles. The molecule has 1 saturated heterocycles. The largest absolute Gasteiger partial charge is 0.449 e. The number of nitro benzene ring substituents is 2. The Morgan fingerprint density at radius 1 is 0.889 bits per heavy atom. The average molecular weight is 492 g/mol. The molecular formula is C23H13FN4O8. The summed E-state index contributed by atoms with van der Waals surface area (Å²) in [6.45, 7) is 0. The van der Waals surface area contributed by atoms with Crippen LogP contribution in [0.4, 0.5) is 26.2 Å². The van der Waals surface area contributed by atoms with Crippen LogP contribution in [0.2, 0.25) is 0 Å². The van der Waals surface area contributed by atoms with Gasteiger partial charge in [-0.1, -0.05) is 18.2 Å². The van der Waals surface area contributed by atoms with Gasteiger partial charge in [-0.05, 0) is 42.5 Å². The Balaban J connectivity index is 1.73. The monoisotopic (exact) mass is 492 g/mol. The first-order chi connectivity index (χ1) is 17.2. The number of rotatable bonds is 6. The maximum absolute atomic E-state index is 13.3. The number of para-hydroxylation sites is 1. The lowest BCUT2D eigenvalue weighted by molar-refractivity contribution is -0.394. The zero-order valence-corrected chi connectivity index (χ0v) is 17.9. The summed E-state index contributed by atoms with van der Waals surface area (Å²) in [6, 6.07) is 12.1. The maximum Gasteiger partial charge on any atom is 0.335 e. The smallest absolute Gasteiger partial charge is 0.335 e. The second kappa shape index (κ2) is 9.42. The predicted molar refractivity (Wildman–Crippen MR) is 122 cm³/mol. The number of urea groups is 1. The quantitative estimate of drug-likeness (QED) is 0.233. The van der Waals surface area contributed by atoms with Gasteiger partial charge in [-0.2, -0.15) is 0 Å². The number of hydrogen-bond acceptors (Lipinski definition) is 8. The Labute approximate surface area is 200 Å². The van der Waals surface area contributed by atoms with E-state index in [1.54, 1.807) is 0 Å². The summed E-state index contributed by atoms with van der Waals surface area (Å²) in [7, 11) is 0. The molecule has 13 heteroatoms. The van der Waals surface area contributed by atoms with Crippen molar-refractivity contribution in [2.45, 2.75) is 0 Å². The predicted octanol–water partition coefficient (Wildman–Crippen LogP) is 4.10. The number of nitro groups is 2. The Kier molecular flexibility index (Phi) is 6.20. The number of amides is 4. The van der Waals surface area contributed by atoms with E-state index in [0.717, 1.165) is 36.4 Å². The van der Waals surface area contributed by atoms with Crippen molar-refractivity contribution >= 4 is 41.0 Å². The van der Waals surface area contributed by atoms with Crippen LogP contribution >= 0.6 is 0 Å². The molecular weight excluding hydrogens is 479 g/mol. The van der Waals surface area contributed by atoms with Gasteiger partial charge in [-0.15, -0.1) is 0 Å². The van der Waals surface area contributed by atoms with E-state index in [1.807, 2.05) is 5.32 Å². The minimum absolute atomic E-state index is 0.0170. The van der Waals surface area contributed by atoms with Crippen LogP contribution in [0.5, 0.6) is 11.5 Å². The van der Waals surface area contributed by atoms with Gasteiger partial charge < -0.3 is 4.74 Å². The van der Waals surface area contributed by atoms with E-state index in [0.29, 0.717) is 4.90 Å². The number of nitrogens with one attached hydrogen (secondary N) is 1. The first-order valence-electron chi connectivity index (χ1n) is 10.0. The summed E-state index contributed by atoms with van der Waals surface area (Å²) in [5.74, 6) is -2.93. The first-order valence-corrected chi connectivity index (χ1v) is 10.0. The maximum atomic E-state index is 13.3. The van der Waals surface area contributed by atoms with Crippen LogP contribution in [0.25, 0.3) is 6.08 Å². The van der Waals surface area contributed by atoms with E-state index >= 15 is 0 Å². The Bertz CT molecular complexity index is 1470. The van der Waals surface area contributed by atoms with E-state index in [9.17, 15) is 39.0 Å². The number of anilines is 1. The van der Waals surface area contributed by atoms with Crippen LogP contribution in [-0.2, 0) is 9.59 Å². The van der Waals surface area contributed by atoms with Gasteiger partial charge in [-0.3, -0.25) is 35.1 Å². The van der Waals surface area contributed by atoms with Crippen molar-refractivity contribution in [3.8, 4) is 11.5 Å². The summed E-state index contributed by atoms with van der Waals surface area (Å²) >= 11 is 0. The summed E-state index contributed by atoms with van der Waals surface area (Å²) in [6.07, 6.45) is 1.12. The third-order valence-corrected chi connectivity index (χ3v) is 4.98. The summed E-state index contributed by atoms with van der Waals surface area (Å²) in [5.41, 5.74) is -1.50. The van der Waals surface area contributed by atoms with Crippen molar-refractivity contribution in [3.63, 3.8) is 0 Å². The minimum Gasteiger partial charge on any atom is -0.449 e. The molecule has 1 heterocycles. The van der Waals surface area contributed by atoms with Crippen molar-refractivity contribution in [2.24, 2.45) is 0 Å². The molecule has 0 spiro atoms. The van der Waals surface area contributed by atoms with E-state index < -0.39 is 50.5 Å². The molecule has 1 aliphatic rings. The summed E-state index contributed by atoms with van der Waals surface area (Å²) in [5, 5.41) is 24.4. The van der Waals surface area contributed by atoms with Gasteiger partial charge in [0.05, 0.1) is 21.6 Å². The van der Waals surface area contributed by atoms with Crippen LogP contribution < -0.4 is 15.0 Å². The zero-order chi connectivity index (χ0) is 26.0. The zero-order valence-electron chi connectivity index (χ0n) is 17.9. The number of benzene rings is 3. The van der Waals surface area contributed by atoms with Crippen molar-refractivity contribution < 1.29 is 33.4 Å². The molecule has 3 aromatic carbocycles. The van der Waals surface area contributed by atoms with Crippen LogP contribution in [0.1, 0.15) is 5.56 Å². The first kappa shape index (κ1) is 23.7. The third kappa shape index (κ3) is 4.61. The molecule has 0 saturated carbocycles. The highest BCUT2D eigenvalue weighted by Gasteiger charge is 2.37.